The van der Waals surface area contributed by atoms with Gasteiger partial charge in [0, 0.05) is 37.8 Å². The summed E-state index contributed by atoms with van der Waals surface area (Å²) in [5, 5.41) is 4.39. The Morgan fingerprint density at radius 3 is 2.88 bits per heavy atom. The van der Waals surface area contributed by atoms with Crippen LogP contribution >= 0.6 is 11.5 Å². The first kappa shape index (κ1) is 12.7. The van der Waals surface area contributed by atoms with Gasteiger partial charge in [-0.2, -0.15) is 4.37 Å². The lowest BCUT2D eigenvalue weighted by atomic mass is 10.1. The zero-order valence-corrected chi connectivity index (χ0v) is 11.3. The minimum atomic E-state index is 0.493. The average molecular weight is 256 g/mol. The van der Waals surface area contributed by atoms with Crippen LogP contribution < -0.4 is 5.32 Å². The number of nitrogens with zero attached hydrogens (tertiary/aromatic N) is 3. The fraction of sp³-hybridized carbons (Fsp3) is 0.818. The molecule has 0 bridgehead atoms. The molecule has 1 aromatic rings. The average Bonchev–Trinajstić information content (AvgIpc) is 2.78. The topological polar surface area (TPSA) is 50.3 Å². The Labute approximate surface area is 106 Å². The predicted octanol–water partition coefficient (Wildman–Crippen LogP) is 1.58. The number of anilines is 1. The van der Waals surface area contributed by atoms with Gasteiger partial charge >= 0.3 is 0 Å². The quantitative estimate of drug-likeness (QED) is 0.867. The number of piperidine rings is 1. The van der Waals surface area contributed by atoms with Gasteiger partial charge in [-0.15, -0.1) is 0 Å². The van der Waals surface area contributed by atoms with E-state index < -0.39 is 0 Å². The van der Waals surface area contributed by atoms with Gasteiger partial charge in [-0.05, 0) is 19.4 Å². The highest BCUT2D eigenvalue weighted by Gasteiger charge is 2.18. The maximum absolute atomic E-state index is 5.01. The molecule has 1 aliphatic rings. The second-order valence-corrected chi connectivity index (χ2v) is 5.05. The number of rotatable bonds is 5. The second-order valence-electron chi connectivity index (χ2n) is 4.30. The highest BCUT2D eigenvalue weighted by atomic mass is 32.1. The predicted molar refractivity (Wildman–Crippen MR) is 69.4 cm³/mol. The Hall–Kier alpha value is -0.720. The zero-order valence-electron chi connectivity index (χ0n) is 10.5. The molecule has 0 unspecified atom stereocenters. The van der Waals surface area contributed by atoms with Crippen LogP contribution in [-0.2, 0) is 11.3 Å². The van der Waals surface area contributed by atoms with Gasteiger partial charge < -0.3 is 15.0 Å². The van der Waals surface area contributed by atoms with Gasteiger partial charge in [0.2, 0.25) is 5.13 Å². The molecule has 1 aromatic heterocycles. The molecule has 1 saturated heterocycles. The van der Waals surface area contributed by atoms with Gasteiger partial charge in [0.05, 0.1) is 0 Å². The summed E-state index contributed by atoms with van der Waals surface area (Å²) in [5.74, 6) is 0.769. The minimum absolute atomic E-state index is 0.493. The summed E-state index contributed by atoms with van der Waals surface area (Å²) < 4.78 is 9.24. The molecule has 17 heavy (non-hydrogen) atoms. The van der Waals surface area contributed by atoms with E-state index in [4.69, 9.17) is 4.74 Å². The van der Waals surface area contributed by atoms with Crippen LogP contribution in [0.1, 0.15) is 25.6 Å². The number of likely N-dealkylation sites (tertiary alicyclic amines) is 1. The van der Waals surface area contributed by atoms with Gasteiger partial charge in [-0.3, -0.25) is 0 Å². The summed E-state index contributed by atoms with van der Waals surface area (Å²) in [4.78, 5) is 6.87. The Kier molecular flexibility index (Phi) is 4.70. The van der Waals surface area contributed by atoms with E-state index in [9.17, 15) is 0 Å². The molecule has 0 aromatic carbocycles. The van der Waals surface area contributed by atoms with Crippen molar-refractivity contribution in [3.8, 4) is 0 Å². The van der Waals surface area contributed by atoms with Crippen LogP contribution in [0.2, 0.25) is 0 Å². The Morgan fingerprint density at radius 1 is 1.47 bits per heavy atom. The number of methoxy groups -OCH3 is 1. The molecule has 0 spiro atoms. The standard InChI is InChI=1S/C11H20N4OS/c1-3-15-6-4-9(5-7-15)12-11-13-10(8-16-2)14-17-11/h9H,3-8H2,1-2H3,(H,12,13,14). The fourth-order valence-electron chi connectivity index (χ4n) is 2.07. The molecule has 1 N–H and O–H groups in total. The van der Waals surface area contributed by atoms with E-state index in [0.29, 0.717) is 12.6 Å². The summed E-state index contributed by atoms with van der Waals surface area (Å²) >= 11 is 1.42. The monoisotopic (exact) mass is 256 g/mol. The van der Waals surface area contributed by atoms with Crippen LogP contribution in [-0.4, -0.2) is 47.0 Å². The van der Waals surface area contributed by atoms with Crippen LogP contribution in [0.4, 0.5) is 5.13 Å². The van der Waals surface area contributed by atoms with E-state index in [1.165, 1.54) is 37.5 Å². The van der Waals surface area contributed by atoms with Crippen LogP contribution in [0.5, 0.6) is 0 Å². The third kappa shape index (κ3) is 3.62. The highest BCUT2D eigenvalue weighted by molar-refractivity contribution is 7.09. The third-order valence-electron chi connectivity index (χ3n) is 3.10. The lowest BCUT2D eigenvalue weighted by Crippen LogP contribution is -2.38. The van der Waals surface area contributed by atoms with Crippen molar-refractivity contribution in [2.75, 3.05) is 32.1 Å². The van der Waals surface area contributed by atoms with Crippen molar-refractivity contribution < 1.29 is 4.74 Å². The van der Waals surface area contributed by atoms with Gasteiger partial charge in [0.25, 0.3) is 0 Å². The number of nitrogens with one attached hydrogen (secondary N) is 1. The first-order chi connectivity index (χ1) is 8.31. The van der Waals surface area contributed by atoms with E-state index in [1.54, 1.807) is 7.11 Å². The molecule has 0 atom stereocenters. The summed E-state index contributed by atoms with van der Waals surface area (Å²) in [5.41, 5.74) is 0. The van der Waals surface area contributed by atoms with Crippen molar-refractivity contribution in [3.05, 3.63) is 5.82 Å². The number of ether oxygens (including phenoxy) is 1. The Morgan fingerprint density at radius 2 is 2.24 bits per heavy atom. The maximum atomic E-state index is 5.01. The van der Waals surface area contributed by atoms with E-state index in [0.717, 1.165) is 17.5 Å². The largest absolute Gasteiger partial charge is 0.377 e. The van der Waals surface area contributed by atoms with Crippen molar-refractivity contribution in [3.63, 3.8) is 0 Å². The van der Waals surface area contributed by atoms with Gasteiger partial charge in [-0.25, -0.2) is 4.98 Å². The normalized spacial score (nSPS) is 18.5. The molecule has 6 heteroatoms. The van der Waals surface area contributed by atoms with Crippen molar-refractivity contribution in [1.29, 1.82) is 0 Å². The molecule has 0 aliphatic carbocycles. The summed E-state index contributed by atoms with van der Waals surface area (Å²) in [6.07, 6.45) is 2.38. The fourth-order valence-corrected chi connectivity index (χ4v) is 2.72. The number of aromatic nitrogens is 2. The number of hydrogen-bond acceptors (Lipinski definition) is 6. The van der Waals surface area contributed by atoms with Crippen molar-refractivity contribution in [1.82, 2.24) is 14.3 Å². The van der Waals surface area contributed by atoms with Gasteiger partial charge in [0.15, 0.2) is 5.82 Å². The highest BCUT2D eigenvalue weighted by Crippen LogP contribution is 2.18. The molecule has 1 aliphatic heterocycles. The molecule has 0 saturated carbocycles. The molecule has 96 valence electrons. The molecule has 5 nitrogen and oxygen atoms in total. The zero-order chi connectivity index (χ0) is 12.1. The first-order valence-corrected chi connectivity index (χ1v) is 6.89. The minimum Gasteiger partial charge on any atom is -0.377 e. The third-order valence-corrected chi connectivity index (χ3v) is 3.79. The molecule has 1 fully saturated rings. The molecule has 2 rings (SSSR count). The Bertz CT molecular complexity index is 336. The molecule has 0 amide bonds. The van der Waals surface area contributed by atoms with E-state index in [1.807, 2.05) is 0 Å². The van der Waals surface area contributed by atoms with E-state index >= 15 is 0 Å². The molecule has 0 radical (unpaired) electrons. The van der Waals surface area contributed by atoms with E-state index in [-0.39, 0.29) is 0 Å². The lowest BCUT2D eigenvalue weighted by Gasteiger charge is -2.31. The van der Waals surface area contributed by atoms with Gasteiger partial charge in [0.1, 0.15) is 6.61 Å². The molecular formula is C11H20N4OS. The second kappa shape index (κ2) is 6.28. The van der Waals surface area contributed by atoms with Crippen molar-refractivity contribution in [2.45, 2.75) is 32.4 Å². The molecular weight excluding hydrogens is 236 g/mol. The lowest BCUT2D eigenvalue weighted by molar-refractivity contribution is 0.179. The summed E-state index contributed by atoms with van der Waals surface area (Å²) in [6, 6.07) is 0.543. The first-order valence-electron chi connectivity index (χ1n) is 6.12. The summed E-state index contributed by atoms with van der Waals surface area (Å²) in [6.45, 7) is 6.22. The van der Waals surface area contributed by atoms with Crippen LogP contribution in [0.3, 0.4) is 0 Å². The van der Waals surface area contributed by atoms with Gasteiger partial charge in [-0.1, -0.05) is 6.92 Å². The SMILES string of the molecule is CCN1CCC(Nc2nc(COC)ns2)CC1. The van der Waals surface area contributed by atoms with Crippen LogP contribution in [0.25, 0.3) is 0 Å². The van der Waals surface area contributed by atoms with Crippen molar-refractivity contribution >= 4 is 16.7 Å². The van der Waals surface area contributed by atoms with E-state index in [2.05, 4.69) is 26.5 Å². The van der Waals surface area contributed by atoms with Crippen LogP contribution in [0.15, 0.2) is 0 Å². The summed E-state index contributed by atoms with van der Waals surface area (Å²) in [7, 11) is 1.66. The maximum Gasteiger partial charge on any atom is 0.202 e. The number of hydrogen-bond donors (Lipinski definition) is 1. The molecule has 2 heterocycles. The Balaban J connectivity index is 1.80. The smallest absolute Gasteiger partial charge is 0.202 e. The van der Waals surface area contributed by atoms with Crippen LogP contribution in [0, 0.1) is 0 Å². The van der Waals surface area contributed by atoms with Crippen molar-refractivity contribution in [2.24, 2.45) is 0 Å².